The second-order valence-electron chi connectivity index (χ2n) is 4.32. The van der Waals surface area contributed by atoms with Crippen LogP contribution < -0.4 is 10.5 Å². The van der Waals surface area contributed by atoms with Crippen molar-refractivity contribution in [1.29, 1.82) is 0 Å². The van der Waals surface area contributed by atoms with Gasteiger partial charge in [0.25, 0.3) is 5.91 Å². The summed E-state index contributed by atoms with van der Waals surface area (Å²) in [6.45, 7) is 3.90. The first-order valence-corrected chi connectivity index (χ1v) is 6.50. The van der Waals surface area contributed by atoms with Crippen LogP contribution in [0.1, 0.15) is 30.1 Å². The third-order valence-corrected chi connectivity index (χ3v) is 2.84. The highest BCUT2D eigenvalue weighted by atomic mass is 16.5. The summed E-state index contributed by atoms with van der Waals surface area (Å²) in [5.41, 5.74) is 5.94. The smallest absolute Gasteiger partial charge is 0.253 e. The van der Waals surface area contributed by atoms with Gasteiger partial charge >= 0.3 is 0 Å². The van der Waals surface area contributed by atoms with Gasteiger partial charge < -0.3 is 20.5 Å². The van der Waals surface area contributed by atoms with Crippen molar-refractivity contribution in [3.63, 3.8) is 0 Å². The Kier molecular flexibility index (Phi) is 6.15. The Hall–Kier alpha value is -1.75. The Bertz CT molecular complexity index is 421. The highest BCUT2D eigenvalue weighted by Gasteiger charge is 2.16. The molecule has 0 aromatic heterocycles. The van der Waals surface area contributed by atoms with Gasteiger partial charge in [0.1, 0.15) is 0 Å². The molecule has 19 heavy (non-hydrogen) atoms. The molecule has 5 nitrogen and oxygen atoms in total. The fourth-order valence-corrected chi connectivity index (χ4v) is 1.87. The van der Waals surface area contributed by atoms with Crippen LogP contribution in [0.3, 0.4) is 0 Å². The number of phenols is 1. The average Bonchev–Trinajstić information content (AvgIpc) is 2.42. The summed E-state index contributed by atoms with van der Waals surface area (Å²) in [6, 6.07) is 4.69. The number of nitrogens with zero attached hydrogens (tertiary/aromatic N) is 1. The van der Waals surface area contributed by atoms with E-state index in [1.165, 1.54) is 13.2 Å². The van der Waals surface area contributed by atoms with Gasteiger partial charge in [0.15, 0.2) is 11.5 Å². The van der Waals surface area contributed by atoms with E-state index in [-0.39, 0.29) is 11.7 Å². The van der Waals surface area contributed by atoms with E-state index in [9.17, 15) is 9.90 Å². The quantitative estimate of drug-likeness (QED) is 0.786. The average molecular weight is 266 g/mol. The van der Waals surface area contributed by atoms with Crippen molar-refractivity contribution in [3.8, 4) is 11.5 Å². The van der Waals surface area contributed by atoms with Crippen LogP contribution in [0.4, 0.5) is 0 Å². The number of amides is 1. The third kappa shape index (κ3) is 4.13. The van der Waals surface area contributed by atoms with E-state index in [2.05, 4.69) is 0 Å². The summed E-state index contributed by atoms with van der Waals surface area (Å²) >= 11 is 0. The summed E-state index contributed by atoms with van der Waals surface area (Å²) < 4.78 is 4.96. The maximum absolute atomic E-state index is 12.3. The number of carbonyl (C=O) groups excluding carboxylic acids is 1. The van der Waals surface area contributed by atoms with Crippen molar-refractivity contribution in [1.82, 2.24) is 4.90 Å². The summed E-state index contributed by atoms with van der Waals surface area (Å²) in [5.74, 6) is 0.248. The van der Waals surface area contributed by atoms with E-state index in [4.69, 9.17) is 10.5 Å². The first kappa shape index (κ1) is 15.3. The predicted octanol–water partition coefficient (Wildman–Crippen LogP) is 1.60. The van der Waals surface area contributed by atoms with Crippen molar-refractivity contribution in [2.24, 2.45) is 5.73 Å². The van der Waals surface area contributed by atoms with E-state index in [1.807, 2.05) is 6.92 Å². The first-order valence-electron chi connectivity index (χ1n) is 6.50. The van der Waals surface area contributed by atoms with E-state index in [0.29, 0.717) is 30.9 Å². The number of ether oxygens (including phenoxy) is 1. The fraction of sp³-hybridized carbons (Fsp3) is 0.500. The summed E-state index contributed by atoms with van der Waals surface area (Å²) in [4.78, 5) is 14.1. The van der Waals surface area contributed by atoms with Gasteiger partial charge in [0.05, 0.1) is 7.11 Å². The van der Waals surface area contributed by atoms with E-state index < -0.39 is 0 Å². The predicted molar refractivity (Wildman–Crippen MR) is 74.5 cm³/mol. The normalized spacial score (nSPS) is 10.3. The fourth-order valence-electron chi connectivity index (χ4n) is 1.87. The molecule has 0 fully saturated rings. The minimum absolute atomic E-state index is 0.0244. The monoisotopic (exact) mass is 266 g/mol. The third-order valence-electron chi connectivity index (χ3n) is 2.84. The van der Waals surface area contributed by atoms with Crippen LogP contribution in [0, 0.1) is 0 Å². The van der Waals surface area contributed by atoms with Crippen LogP contribution in [0.2, 0.25) is 0 Å². The number of phenolic OH excluding ortho intramolecular Hbond substituents is 1. The second kappa shape index (κ2) is 7.63. The number of carbonyl (C=O) groups is 1. The zero-order valence-electron chi connectivity index (χ0n) is 11.6. The Morgan fingerprint density at radius 1 is 1.42 bits per heavy atom. The van der Waals surface area contributed by atoms with Crippen molar-refractivity contribution in [2.75, 3.05) is 26.7 Å². The Morgan fingerprint density at radius 3 is 2.68 bits per heavy atom. The Morgan fingerprint density at radius 2 is 2.16 bits per heavy atom. The molecule has 0 heterocycles. The van der Waals surface area contributed by atoms with Gasteiger partial charge in [-0.2, -0.15) is 0 Å². The summed E-state index contributed by atoms with van der Waals surface area (Å²) in [5, 5.41) is 9.71. The van der Waals surface area contributed by atoms with Gasteiger partial charge in [-0.1, -0.05) is 6.92 Å². The molecule has 0 unspecified atom stereocenters. The molecule has 1 aromatic rings. The number of hydrogen-bond acceptors (Lipinski definition) is 4. The lowest BCUT2D eigenvalue weighted by Crippen LogP contribution is -2.33. The van der Waals surface area contributed by atoms with Crippen LogP contribution in [0.15, 0.2) is 18.2 Å². The molecule has 5 heteroatoms. The van der Waals surface area contributed by atoms with Gasteiger partial charge in [-0.15, -0.1) is 0 Å². The number of nitrogens with two attached hydrogens (primary N) is 1. The first-order chi connectivity index (χ1) is 9.13. The van der Waals surface area contributed by atoms with Gasteiger partial charge in [0.2, 0.25) is 0 Å². The highest BCUT2D eigenvalue weighted by molar-refractivity contribution is 5.94. The molecule has 1 amide bonds. The molecule has 0 saturated heterocycles. The van der Waals surface area contributed by atoms with Gasteiger partial charge in [0, 0.05) is 18.7 Å². The van der Waals surface area contributed by atoms with Crippen molar-refractivity contribution < 1.29 is 14.6 Å². The molecule has 0 saturated carbocycles. The molecule has 0 bridgehead atoms. The van der Waals surface area contributed by atoms with Gasteiger partial charge in [-0.05, 0) is 37.6 Å². The zero-order valence-corrected chi connectivity index (χ0v) is 11.6. The molecule has 3 N–H and O–H groups in total. The maximum Gasteiger partial charge on any atom is 0.253 e. The molecule has 0 aliphatic rings. The summed E-state index contributed by atoms with van der Waals surface area (Å²) in [7, 11) is 1.47. The van der Waals surface area contributed by atoms with Crippen LogP contribution in [-0.2, 0) is 0 Å². The van der Waals surface area contributed by atoms with E-state index in [1.54, 1.807) is 17.0 Å². The minimum Gasteiger partial charge on any atom is -0.504 e. The molecule has 0 spiro atoms. The van der Waals surface area contributed by atoms with Gasteiger partial charge in [-0.25, -0.2) is 0 Å². The number of benzene rings is 1. The van der Waals surface area contributed by atoms with Crippen LogP contribution in [0.25, 0.3) is 0 Å². The molecule has 0 aliphatic carbocycles. The number of rotatable bonds is 7. The number of hydrogen-bond donors (Lipinski definition) is 2. The standard InChI is InChI=1S/C14H22N2O3/c1-3-8-16(9-4-7-15)14(18)11-5-6-13(19-2)12(17)10-11/h5-6,10,17H,3-4,7-9,15H2,1-2H3. The zero-order chi connectivity index (χ0) is 14.3. The molecule has 0 atom stereocenters. The lowest BCUT2D eigenvalue weighted by atomic mass is 10.1. The second-order valence-corrected chi connectivity index (χ2v) is 4.32. The van der Waals surface area contributed by atoms with Gasteiger partial charge in [-0.3, -0.25) is 4.79 Å². The molecular formula is C14H22N2O3. The maximum atomic E-state index is 12.3. The lowest BCUT2D eigenvalue weighted by molar-refractivity contribution is 0.0754. The van der Waals surface area contributed by atoms with Crippen LogP contribution in [-0.4, -0.2) is 42.7 Å². The summed E-state index contributed by atoms with van der Waals surface area (Å²) in [6.07, 6.45) is 1.66. The molecular weight excluding hydrogens is 244 g/mol. The number of methoxy groups -OCH3 is 1. The van der Waals surface area contributed by atoms with E-state index >= 15 is 0 Å². The largest absolute Gasteiger partial charge is 0.504 e. The lowest BCUT2D eigenvalue weighted by Gasteiger charge is -2.22. The molecule has 106 valence electrons. The van der Waals surface area contributed by atoms with Crippen molar-refractivity contribution in [3.05, 3.63) is 23.8 Å². The SMILES string of the molecule is CCCN(CCCN)C(=O)c1ccc(OC)c(O)c1. The Labute approximate surface area is 114 Å². The Balaban J connectivity index is 2.86. The number of aromatic hydroxyl groups is 1. The molecule has 0 aliphatic heterocycles. The molecule has 1 aromatic carbocycles. The van der Waals surface area contributed by atoms with Crippen molar-refractivity contribution in [2.45, 2.75) is 19.8 Å². The minimum atomic E-state index is -0.0896. The molecule has 0 radical (unpaired) electrons. The van der Waals surface area contributed by atoms with Crippen LogP contribution >= 0.6 is 0 Å². The van der Waals surface area contributed by atoms with E-state index in [0.717, 1.165) is 12.8 Å². The van der Waals surface area contributed by atoms with Crippen molar-refractivity contribution >= 4 is 5.91 Å². The topological polar surface area (TPSA) is 75.8 Å². The van der Waals surface area contributed by atoms with Crippen LogP contribution in [0.5, 0.6) is 11.5 Å². The highest BCUT2D eigenvalue weighted by Crippen LogP contribution is 2.26. The molecule has 1 rings (SSSR count).